The molecule has 1 aromatic rings. The maximum absolute atomic E-state index is 5.56. The molecule has 0 spiro atoms. The van der Waals surface area contributed by atoms with Gasteiger partial charge in [0.2, 0.25) is 0 Å². The highest BCUT2D eigenvalue weighted by Gasteiger charge is 2.11. The molecule has 1 heterocycles. The highest BCUT2D eigenvalue weighted by molar-refractivity contribution is 7.99. The minimum absolute atomic E-state index is 0.204. The molecule has 0 aliphatic carbocycles. The monoisotopic (exact) mass is 225 g/mol. The first-order valence-electron chi connectivity index (χ1n) is 5.24. The van der Waals surface area contributed by atoms with Crippen LogP contribution in [0, 0.1) is 6.92 Å². The van der Waals surface area contributed by atoms with Crippen LogP contribution in [0.5, 0.6) is 0 Å². The maximum Gasteiger partial charge on any atom is 0.0568 e. The van der Waals surface area contributed by atoms with Crippen LogP contribution in [0.25, 0.3) is 0 Å². The highest BCUT2D eigenvalue weighted by atomic mass is 32.2. The van der Waals surface area contributed by atoms with E-state index in [0.29, 0.717) is 0 Å². The molecular weight excluding hydrogens is 206 g/mol. The van der Waals surface area contributed by atoms with Crippen LogP contribution in [0.1, 0.15) is 30.5 Å². The zero-order chi connectivity index (χ0) is 11.1. The summed E-state index contributed by atoms with van der Waals surface area (Å²) in [6.45, 7) is 4.28. The Hall–Kier alpha value is -0.580. The number of nitrogens with zero attached hydrogens (tertiary/aromatic N) is 1. The summed E-state index contributed by atoms with van der Waals surface area (Å²) in [5, 5.41) is 0. The van der Waals surface area contributed by atoms with Gasteiger partial charge in [-0.1, -0.05) is 6.92 Å². The Morgan fingerprint density at radius 1 is 1.60 bits per heavy atom. The molecule has 0 amide bonds. The van der Waals surface area contributed by atoms with Gasteiger partial charge >= 0.3 is 0 Å². The largest absolute Gasteiger partial charge is 0.271 e. The lowest BCUT2D eigenvalue weighted by atomic mass is 10.1. The van der Waals surface area contributed by atoms with E-state index in [4.69, 9.17) is 5.84 Å². The normalized spacial score (nSPS) is 12.7. The summed E-state index contributed by atoms with van der Waals surface area (Å²) in [6.07, 6.45) is 4.91. The lowest BCUT2D eigenvalue weighted by Gasteiger charge is -2.17. The van der Waals surface area contributed by atoms with E-state index in [1.54, 1.807) is 0 Å². The Bertz CT molecular complexity index is 291. The fourth-order valence-corrected chi connectivity index (χ4v) is 2.38. The van der Waals surface area contributed by atoms with E-state index in [1.165, 1.54) is 23.3 Å². The van der Waals surface area contributed by atoms with Gasteiger partial charge in [-0.3, -0.25) is 16.3 Å². The van der Waals surface area contributed by atoms with Gasteiger partial charge in [-0.2, -0.15) is 11.8 Å². The molecule has 1 unspecified atom stereocenters. The number of hydrogen-bond donors (Lipinski definition) is 2. The first kappa shape index (κ1) is 12.5. The van der Waals surface area contributed by atoms with Crippen LogP contribution in [0.2, 0.25) is 0 Å². The molecule has 0 aliphatic heterocycles. The van der Waals surface area contributed by atoms with Gasteiger partial charge < -0.3 is 0 Å². The van der Waals surface area contributed by atoms with Crippen molar-refractivity contribution in [2.75, 3.05) is 11.5 Å². The van der Waals surface area contributed by atoms with Crippen LogP contribution in [-0.2, 0) is 0 Å². The summed E-state index contributed by atoms with van der Waals surface area (Å²) in [6, 6.07) is 2.22. The van der Waals surface area contributed by atoms with E-state index in [2.05, 4.69) is 24.3 Å². The third-order valence-corrected chi connectivity index (χ3v) is 3.56. The van der Waals surface area contributed by atoms with Gasteiger partial charge in [0.05, 0.1) is 6.04 Å². The number of hydrazine groups is 1. The molecule has 15 heavy (non-hydrogen) atoms. The Morgan fingerprint density at radius 3 is 3.00 bits per heavy atom. The number of pyridine rings is 1. The molecule has 0 aliphatic rings. The number of nitrogens with one attached hydrogen (secondary N) is 1. The van der Waals surface area contributed by atoms with Gasteiger partial charge in [0.1, 0.15) is 0 Å². The predicted molar refractivity (Wildman–Crippen MR) is 66.7 cm³/mol. The highest BCUT2D eigenvalue weighted by Crippen LogP contribution is 2.20. The summed E-state index contributed by atoms with van der Waals surface area (Å²) >= 11 is 1.92. The molecule has 0 aromatic carbocycles. The van der Waals surface area contributed by atoms with Crippen molar-refractivity contribution in [3.63, 3.8) is 0 Å². The fraction of sp³-hybridized carbons (Fsp3) is 0.545. The van der Waals surface area contributed by atoms with Crippen molar-refractivity contribution < 1.29 is 0 Å². The molecule has 0 bridgehead atoms. The van der Waals surface area contributed by atoms with Gasteiger partial charge in [-0.15, -0.1) is 0 Å². The van der Waals surface area contributed by atoms with Crippen LogP contribution >= 0.6 is 11.8 Å². The van der Waals surface area contributed by atoms with E-state index in [1.807, 2.05) is 30.2 Å². The maximum atomic E-state index is 5.56. The molecule has 4 heteroatoms. The topological polar surface area (TPSA) is 50.9 Å². The standard InChI is InChI=1S/C11H19N3S/c1-3-6-15-8-11(14-12)10-7-13-5-4-9(10)2/h4-5,7,11,14H,3,6,8,12H2,1-2H3. The molecule has 0 radical (unpaired) electrons. The van der Waals surface area contributed by atoms with Gasteiger partial charge in [-0.05, 0) is 36.3 Å². The summed E-state index contributed by atoms with van der Waals surface area (Å²) in [7, 11) is 0. The number of thioether (sulfide) groups is 1. The Balaban J connectivity index is 2.61. The van der Waals surface area contributed by atoms with Gasteiger partial charge in [0.25, 0.3) is 0 Å². The molecule has 0 fully saturated rings. The average molecular weight is 225 g/mol. The Labute approximate surface area is 95.8 Å². The number of aromatic nitrogens is 1. The third kappa shape index (κ3) is 3.81. The third-order valence-electron chi connectivity index (χ3n) is 2.29. The second kappa shape index (κ2) is 6.82. The van der Waals surface area contributed by atoms with Crippen molar-refractivity contribution in [2.45, 2.75) is 26.3 Å². The number of nitrogens with two attached hydrogens (primary N) is 1. The van der Waals surface area contributed by atoms with E-state index in [0.717, 1.165) is 5.75 Å². The van der Waals surface area contributed by atoms with E-state index >= 15 is 0 Å². The smallest absolute Gasteiger partial charge is 0.0568 e. The van der Waals surface area contributed by atoms with Crippen molar-refractivity contribution in [2.24, 2.45) is 5.84 Å². The van der Waals surface area contributed by atoms with Crippen LogP contribution in [0.3, 0.4) is 0 Å². The summed E-state index contributed by atoms with van der Waals surface area (Å²) in [4.78, 5) is 4.14. The van der Waals surface area contributed by atoms with Gasteiger partial charge in [-0.25, -0.2) is 0 Å². The van der Waals surface area contributed by atoms with Gasteiger partial charge in [0, 0.05) is 18.1 Å². The zero-order valence-electron chi connectivity index (χ0n) is 9.36. The SMILES string of the molecule is CCCSCC(NN)c1cnccc1C. The van der Waals surface area contributed by atoms with Crippen LogP contribution in [0.4, 0.5) is 0 Å². The molecule has 0 saturated carbocycles. The first-order valence-corrected chi connectivity index (χ1v) is 6.39. The van der Waals surface area contributed by atoms with Crippen molar-refractivity contribution in [1.82, 2.24) is 10.4 Å². The van der Waals surface area contributed by atoms with Crippen molar-refractivity contribution in [3.8, 4) is 0 Å². The molecule has 1 rings (SSSR count). The number of aryl methyl sites for hydroxylation is 1. The molecule has 1 atom stereocenters. The molecule has 3 N–H and O–H groups in total. The van der Waals surface area contributed by atoms with E-state index in [9.17, 15) is 0 Å². The minimum atomic E-state index is 0.204. The summed E-state index contributed by atoms with van der Waals surface area (Å²) in [5.74, 6) is 7.74. The average Bonchev–Trinajstić information content (AvgIpc) is 2.26. The van der Waals surface area contributed by atoms with Crippen molar-refractivity contribution >= 4 is 11.8 Å². The minimum Gasteiger partial charge on any atom is -0.271 e. The van der Waals surface area contributed by atoms with Gasteiger partial charge in [0.15, 0.2) is 0 Å². The Kier molecular flexibility index (Phi) is 5.68. The van der Waals surface area contributed by atoms with Crippen molar-refractivity contribution in [3.05, 3.63) is 29.6 Å². The molecule has 1 aromatic heterocycles. The van der Waals surface area contributed by atoms with E-state index in [-0.39, 0.29) is 6.04 Å². The van der Waals surface area contributed by atoms with Crippen molar-refractivity contribution in [1.29, 1.82) is 0 Å². The molecule has 0 saturated heterocycles. The first-order chi connectivity index (χ1) is 7.29. The van der Waals surface area contributed by atoms with Crippen LogP contribution in [0.15, 0.2) is 18.5 Å². The summed E-state index contributed by atoms with van der Waals surface area (Å²) in [5.41, 5.74) is 5.30. The predicted octanol–water partition coefficient (Wildman–Crippen LogP) is 2.04. The lowest BCUT2D eigenvalue weighted by Crippen LogP contribution is -2.30. The second-order valence-electron chi connectivity index (χ2n) is 3.53. The van der Waals surface area contributed by atoms with Crippen LogP contribution < -0.4 is 11.3 Å². The second-order valence-corrected chi connectivity index (χ2v) is 4.68. The van der Waals surface area contributed by atoms with E-state index < -0.39 is 0 Å². The Morgan fingerprint density at radius 2 is 2.40 bits per heavy atom. The lowest BCUT2D eigenvalue weighted by molar-refractivity contribution is 0.605. The zero-order valence-corrected chi connectivity index (χ0v) is 10.2. The van der Waals surface area contributed by atoms with Crippen LogP contribution in [-0.4, -0.2) is 16.5 Å². The number of rotatable bonds is 6. The molecule has 3 nitrogen and oxygen atoms in total. The molecular formula is C11H19N3S. The molecule has 84 valence electrons. The quantitative estimate of drug-likeness (QED) is 0.442. The summed E-state index contributed by atoms with van der Waals surface area (Å²) < 4.78 is 0. The fourth-order valence-electron chi connectivity index (χ4n) is 1.41. The number of hydrogen-bond acceptors (Lipinski definition) is 4.